The quantitative estimate of drug-likeness (QED) is 0.342. The summed E-state index contributed by atoms with van der Waals surface area (Å²) >= 11 is 0. The minimum Gasteiger partial charge on any atom is -0.252 e. The van der Waals surface area contributed by atoms with Gasteiger partial charge in [-0.15, -0.1) is 0 Å². The predicted octanol–water partition coefficient (Wildman–Crippen LogP) is 5.03. The first-order valence-electron chi connectivity index (χ1n) is 6.82. The fourth-order valence-electron chi connectivity index (χ4n) is 1.93. The Bertz CT molecular complexity index is 149. The van der Waals surface area contributed by atoms with Crippen molar-refractivity contribution in [2.24, 2.45) is 5.41 Å². The molecule has 0 saturated carbocycles. The Morgan fingerprint density at radius 3 is 1.88 bits per heavy atom. The second-order valence-electron chi connectivity index (χ2n) is 5.87. The van der Waals surface area contributed by atoms with E-state index in [-0.39, 0.29) is 11.5 Å². The van der Waals surface area contributed by atoms with Crippen LogP contribution in [0.15, 0.2) is 0 Å². The van der Waals surface area contributed by atoms with Crippen LogP contribution in [0.1, 0.15) is 79.1 Å². The Morgan fingerprint density at radius 1 is 0.938 bits per heavy atom. The first kappa shape index (κ1) is 15.9. The Hall–Kier alpha value is -0.0800. The van der Waals surface area contributed by atoms with Crippen LogP contribution in [-0.4, -0.2) is 11.4 Å². The molecule has 0 amide bonds. The molecule has 0 aliphatic carbocycles. The molecule has 0 aromatic carbocycles. The van der Waals surface area contributed by atoms with Crippen molar-refractivity contribution >= 4 is 0 Å². The van der Waals surface area contributed by atoms with Gasteiger partial charge in [-0.05, 0) is 11.8 Å². The fourth-order valence-corrected chi connectivity index (χ4v) is 1.93. The van der Waals surface area contributed by atoms with Gasteiger partial charge in [0.15, 0.2) is 0 Å². The standard InChI is InChI=1S/C14H30O2/c1-5-6-7-8-9-10-11-12-13(16-15)14(2,3)4/h13,15H,5-12H2,1-4H3. The lowest BCUT2D eigenvalue weighted by Gasteiger charge is -2.27. The summed E-state index contributed by atoms with van der Waals surface area (Å²) in [6.45, 7) is 8.56. The maximum atomic E-state index is 8.83. The second kappa shape index (κ2) is 9.00. The van der Waals surface area contributed by atoms with E-state index in [0.29, 0.717) is 0 Å². The first-order valence-corrected chi connectivity index (χ1v) is 6.82. The zero-order valence-electron chi connectivity index (χ0n) is 11.6. The third-order valence-corrected chi connectivity index (χ3v) is 3.16. The summed E-state index contributed by atoms with van der Waals surface area (Å²) in [6, 6.07) is 0. The van der Waals surface area contributed by atoms with Crippen molar-refractivity contribution in [3.8, 4) is 0 Å². The molecule has 0 aliphatic heterocycles. The Labute approximate surface area is 101 Å². The third kappa shape index (κ3) is 8.12. The van der Waals surface area contributed by atoms with Crippen LogP contribution in [-0.2, 0) is 4.89 Å². The van der Waals surface area contributed by atoms with Crippen LogP contribution in [0, 0.1) is 5.41 Å². The van der Waals surface area contributed by atoms with E-state index in [1.165, 1.54) is 38.5 Å². The van der Waals surface area contributed by atoms with Gasteiger partial charge in [0.25, 0.3) is 0 Å². The zero-order valence-corrected chi connectivity index (χ0v) is 11.6. The molecule has 0 bridgehead atoms. The van der Waals surface area contributed by atoms with E-state index in [0.717, 1.165) is 12.8 Å². The van der Waals surface area contributed by atoms with Crippen LogP contribution >= 0.6 is 0 Å². The molecule has 0 rings (SSSR count). The molecule has 0 aliphatic rings. The van der Waals surface area contributed by atoms with E-state index in [1.807, 2.05) is 0 Å². The lowest BCUT2D eigenvalue weighted by atomic mass is 9.86. The maximum absolute atomic E-state index is 8.83. The van der Waals surface area contributed by atoms with Gasteiger partial charge in [-0.2, -0.15) is 0 Å². The predicted molar refractivity (Wildman–Crippen MR) is 69.6 cm³/mol. The van der Waals surface area contributed by atoms with Crippen LogP contribution in [0.4, 0.5) is 0 Å². The van der Waals surface area contributed by atoms with E-state index in [9.17, 15) is 0 Å². The molecule has 0 saturated heterocycles. The topological polar surface area (TPSA) is 29.5 Å². The molecule has 16 heavy (non-hydrogen) atoms. The summed E-state index contributed by atoms with van der Waals surface area (Å²) in [4.78, 5) is 4.56. The number of unbranched alkanes of at least 4 members (excludes halogenated alkanes) is 6. The highest BCUT2D eigenvalue weighted by molar-refractivity contribution is 4.73. The summed E-state index contributed by atoms with van der Waals surface area (Å²) in [5.74, 6) is 0. The summed E-state index contributed by atoms with van der Waals surface area (Å²) in [5.41, 5.74) is 0.0387. The molecule has 1 unspecified atom stereocenters. The van der Waals surface area contributed by atoms with Gasteiger partial charge < -0.3 is 0 Å². The van der Waals surface area contributed by atoms with Gasteiger partial charge >= 0.3 is 0 Å². The minimum atomic E-state index is -0.0249. The van der Waals surface area contributed by atoms with Crippen molar-refractivity contribution in [1.82, 2.24) is 0 Å². The van der Waals surface area contributed by atoms with Gasteiger partial charge in [0, 0.05) is 0 Å². The van der Waals surface area contributed by atoms with Gasteiger partial charge in [-0.1, -0.05) is 72.6 Å². The first-order chi connectivity index (χ1) is 7.52. The maximum Gasteiger partial charge on any atom is 0.0975 e. The zero-order chi connectivity index (χ0) is 12.4. The van der Waals surface area contributed by atoms with Crippen LogP contribution in [0.2, 0.25) is 0 Å². The summed E-state index contributed by atoms with van der Waals surface area (Å²) in [5, 5.41) is 8.83. The van der Waals surface area contributed by atoms with Gasteiger partial charge in [0.1, 0.15) is 0 Å². The molecular weight excluding hydrogens is 200 g/mol. The van der Waals surface area contributed by atoms with Gasteiger partial charge in [0.05, 0.1) is 6.10 Å². The number of rotatable bonds is 9. The van der Waals surface area contributed by atoms with Crippen molar-refractivity contribution < 1.29 is 10.1 Å². The molecule has 2 nitrogen and oxygen atoms in total. The van der Waals surface area contributed by atoms with Gasteiger partial charge in [0.2, 0.25) is 0 Å². The van der Waals surface area contributed by atoms with E-state index in [1.54, 1.807) is 0 Å². The SMILES string of the molecule is CCCCCCCCCC(OO)C(C)(C)C. The van der Waals surface area contributed by atoms with E-state index >= 15 is 0 Å². The molecule has 2 heteroatoms. The molecule has 0 radical (unpaired) electrons. The minimum absolute atomic E-state index is 0.0249. The van der Waals surface area contributed by atoms with Crippen LogP contribution in [0.5, 0.6) is 0 Å². The van der Waals surface area contributed by atoms with Gasteiger partial charge in [-0.3, -0.25) is 5.26 Å². The number of hydrogen-bond acceptors (Lipinski definition) is 2. The molecular formula is C14H30O2. The molecule has 98 valence electrons. The van der Waals surface area contributed by atoms with E-state index in [2.05, 4.69) is 32.6 Å². The van der Waals surface area contributed by atoms with E-state index < -0.39 is 0 Å². The molecule has 1 atom stereocenters. The lowest BCUT2D eigenvalue weighted by Crippen LogP contribution is -2.28. The molecule has 0 aromatic rings. The average molecular weight is 230 g/mol. The summed E-state index contributed by atoms with van der Waals surface area (Å²) in [6.07, 6.45) is 10.1. The number of hydrogen-bond donors (Lipinski definition) is 1. The van der Waals surface area contributed by atoms with Crippen molar-refractivity contribution in [3.05, 3.63) is 0 Å². The Kier molecular flexibility index (Phi) is 8.96. The molecule has 0 aromatic heterocycles. The van der Waals surface area contributed by atoms with Crippen molar-refractivity contribution in [2.75, 3.05) is 0 Å². The average Bonchev–Trinajstić information content (AvgIpc) is 2.20. The fraction of sp³-hybridized carbons (Fsp3) is 1.00. The monoisotopic (exact) mass is 230 g/mol. The molecule has 0 heterocycles. The second-order valence-corrected chi connectivity index (χ2v) is 5.87. The summed E-state index contributed by atoms with van der Waals surface area (Å²) < 4.78 is 0. The Morgan fingerprint density at radius 2 is 1.44 bits per heavy atom. The molecule has 1 N–H and O–H groups in total. The van der Waals surface area contributed by atoms with Crippen molar-refractivity contribution in [1.29, 1.82) is 0 Å². The van der Waals surface area contributed by atoms with Crippen LogP contribution in [0.3, 0.4) is 0 Å². The third-order valence-electron chi connectivity index (χ3n) is 3.16. The molecule has 0 spiro atoms. The molecule has 0 fully saturated rings. The normalized spacial score (nSPS) is 14.1. The van der Waals surface area contributed by atoms with Crippen molar-refractivity contribution in [2.45, 2.75) is 85.2 Å². The highest BCUT2D eigenvalue weighted by atomic mass is 17.1. The summed E-state index contributed by atoms with van der Waals surface area (Å²) in [7, 11) is 0. The van der Waals surface area contributed by atoms with E-state index in [4.69, 9.17) is 5.26 Å². The highest BCUT2D eigenvalue weighted by Gasteiger charge is 2.24. The smallest absolute Gasteiger partial charge is 0.0975 e. The van der Waals surface area contributed by atoms with Crippen LogP contribution < -0.4 is 0 Å². The van der Waals surface area contributed by atoms with Gasteiger partial charge in [-0.25, -0.2) is 4.89 Å². The largest absolute Gasteiger partial charge is 0.252 e. The van der Waals surface area contributed by atoms with Crippen LogP contribution in [0.25, 0.3) is 0 Å². The lowest BCUT2D eigenvalue weighted by molar-refractivity contribution is -0.300. The Balaban J connectivity index is 3.42. The van der Waals surface area contributed by atoms with Crippen molar-refractivity contribution in [3.63, 3.8) is 0 Å². The highest BCUT2D eigenvalue weighted by Crippen LogP contribution is 2.26.